The van der Waals surface area contributed by atoms with Crippen molar-refractivity contribution in [2.75, 3.05) is 13.1 Å². The number of aromatic nitrogens is 1. The summed E-state index contributed by atoms with van der Waals surface area (Å²) in [7, 11) is 1.78. The van der Waals surface area contributed by atoms with Gasteiger partial charge in [-0.2, -0.15) is 0 Å². The van der Waals surface area contributed by atoms with Crippen LogP contribution in [0.3, 0.4) is 0 Å². The lowest BCUT2D eigenvalue weighted by molar-refractivity contribution is -0.140. The minimum absolute atomic E-state index is 0.0428. The third kappa shape index (κ3) is 3.52. The van der Waals surface area contributed by atoms with E-state index in [-0.39, 0.29) is 11.0 Å². The first kappa shape index (κ1) is 19.0. The van der Waals surface area contributed by atoms with Crippen molar-refractivity contribution in [1.82, 2.24) is 9.47 Å². The summed E-state index contributed by atoms with van der Waals surface area (Å²) in [5.41, 5.74) is 2.01. The third-order valence-electron chi connectivity index (χ3n) is 6.82. The second-order valence-electron chi connectivity index (χ2n) is 8.48. The molecule has 148 valence electrons. The SMILES string of the molecule is Cn1ccc(C2CCN(C(=O)C3(c4ccccc4)CCCCC3)CC2)cc1=O. The Morgan fingerprint density at radius 3 is 2.32 bits per heavy atom. The van der Waals surface area contributed by atoms with E-state index in [1.807, 2.05) is 12.3 Å². The van der Waals surface area contributed by atoms with Gasteiger partial charge in [-0.15, -0.1) is 0 Å². The second kappa shape index (κ2) is 7.94. The maximum absolute atomic E-state index is 13.7. The molecule has 1 aromatic carbocycles. The number of nitrogens with zero attached hydrogens (tertiary/aromatic N) is 2. The number of hydrogen-bond donors (Lipinski definition) is 0. The van der Waals surface area contributed by atoms with E-state index in [9.17, 15) is 9.59 Å². The fraction of sp³-hybridized carbons (Fsp3) is 0.500. The Morgan fingerprint density at radius 1 is 1.00 bits per heavy atom. The van der Waals surface area contributed by atoms with E-state index < -0.39 is 0 Å². The van der Waals surface area contributed by atoms with Gasteiger partial charge in [0.15, 0.2) is 0 Å². The van der Waals surface area contributed by atoms with Gasteiger partial charge in [0, 0.05) is 32.4 Å². The Morgan fingerprint density at radius 2 is 1.68 bits per heavy atom. The van der Waals surface area contributed by atoms with Crippen molar-refractivity contribution < 1.29 is 4.79 Å². The van der Waals surface area contributed by atoms with Crippen LogP contribution >= 0.6 is 0 Å². The minimum atomic E-state index is -0.338. The van der Waals surface area contributed by atoms with Crippen LogP contribution in [0.2, 0.25) is 0 Å². The van der Waals surface area contributed by atoms with E-state index >= 15 is 0 Å². The molecular formula is C24H30N2O2. The Kier molecular flexibility index (Phi) is 5.38. The first-order valence-corrected chi connectivity index (χ1v) is 10.6. The minimum Gasteiger partial charge on any atom is -0.342 e. The Labute approximate surface area is 167 Å². The van der Waals surface area contributed by atoms with Crippen LogP contribution in [-0.2, 0) is 17.3 Å². The largest absolute Gasteiger partial charge is 0.342 e. The summed E-state index contributed by atoms with van der Waals surface area (Å²) in [5.74, 6) is 0.692. The molecule has 0 atom stereocenters. The summed E-state index contributed by atoms with van der Waals surface area (Å²) in [6.45, 7) is 1.57. The monoisotopic (exact) mass is 378 g/mol. The summed E-state index contributed by atoms with van der Waals surface area (Å²) in [6.07, 6.45) is 9.13. The number of carbonyl (C=O) groups is 1. The zero-order valence-corrected chi connectivity index (χ0v) is 16.8. The summed E-state index contributed by atoms with van der Waals surface area (Å²) < 4.78 is 1.61. The first-order chi connectivity index (χ1) is 13.6. The molecule has 0 bridgehead atoms. The number of benzene rings is 1. The van der Waals surface area contributed by atoms with Crippen molar-refractivity contribution in [3.8, 4) is 0 Å². The highest BCUT2D eigenvalue weighted by Crippen LogP contribution is 2.42. The third-order valence-corrected chi connectivity index (χ3v) is 6.82. The molecule has 2 fully saturated rings. The first-order valence-electron chi connectivity index (χ1n) is 10.6. The molecule has 4 nitrogen and oxygen atoms in total. The average Bonchev–Trinajstić information content (AvgIpc) is 2.76. The predicted octanol–water partition coefficient (Wildman–Crippen LogP) is 3.99. The standard InChI is InChI=1S/C24H30N2O2/c1-25-15-10-20(18-22(25)27)19-11-16-26(17-12-19)23(28)24(13-6-3-7-14-24)21-8-4-2-5-9-21/h2,4-5,8-10,15,18-19H,3,6-7,11-14,16-17H2,1H3. The molecule has 2 heterocycles. The summed E-state index contributed by atoms with van der Waals surface area (Å²) >= 11 is 0. The average molecular weight is 379 g/mol. The van der Waals surface area contributed by atoms with E-state index in [4.69, 9.17) is 0 Å². The molecule has 0 spiro atoms. The van der Waals surface area contributed by atoms with Crippen molar-refractivity contribution >= 4 is 5.91 Å². The van der Waals surface area contributed by atoms with E-state index in [1.54, 1.807) is 17.7 Å². The molecule has 1 amide bonds. The van der Waals surface area contributed by atoms with E-state index in [0.29, 0.717) is 11.8 Å². The van der Waals surface area contributed by atoms with Gasteiger partial charge in [-0.25, -0.2) is 0 Å². The van der Waals surface area contributed by atoms with Crippen LogP contribution < -0.4 is 5.56 Å². The molecule has 1 aliphatic carbocycles. The highest BCUT2D eigenvalue weighted by atomic mass is 16.2. The molecular weight excluding hydrogens is 348 g/mol. The van der Waals surface area contributed by atoms with Gasteiger partial charge in [0.25, 0.3) is 5.56 Å². The van der Waals surface area contributed by atoms with E-state index in [2.05, 4.69) is 35.2 Å². The number of amides is 1. The second-order valence-corrected chi connectivity index (χ2v) is 8.48. The quantitative estimate of drug-likeness (QED) is 0.810. The lowest BCUT2D eigenvalue weighted by Crippen LogP contribution is -2.50. The smallest absolute Gasteiger partial charge is 0.250 e. The number of aryl methyl sites for hydroxylation is 1. The summed E-state index contributed by atoms with van der Waals surface area (Å²) in [5, 5.41) is 0. The van der Waals surface area contributed by atoms with Gasteiger partial charge in [0.2, 0.25) is 5.91 Å². The van der Waals surface area contributed by atoms with E-state index in [1.165, 1.54) is 12.0 Å². The predicted molar refractivity (Wildman–Crippen MR) is 111 cm³/mol. The molecule has 0 radical (unpaired) electrons. The molecule has 0 N–H and O–H groups in total. The van der Waals surface area contributed by atoms with Crippen LogP contribution in [-0.4, -0.2) is 28.5 Å². The molecule has 1 aromatic heterocycles. The number of hydrogen-bond acceptors (Lipinski definition) is 2. The van der Waals surface area contributed by atoms with Gasteiger partial charge < -0.3 is 9.47 Å². The maximum Gasteiger partial charge on any atom is 0.250 e. The fourth-order valence-electron chi connectivity index (χ4n) is 5.07. The van der Waals surface area contributed by atoms with Crippen LogP contribution in [0.15, 0.2) is 53.5 Å². The number of carbonyl (C=O) groups excluding carboxylic acids is 1. The molecule has 1 aliphatic heterocycles. The van der Waals surface area contributed by atoms with Gasteiger partial charge in [-0.1, -0.05) is 49.6 Å². The number of piperidine rings is 1. The fourth-order valence-corrected chi connectivity index (χ4v) is 5.07. The van der Waals surface area contributed by atoms with Crippen LogP contribution in [0, 0.1) is 0 Å². The highest BCUT2D eigenvalue weighted by Gasteiger charge is 2.44. The molecule has 1 saturated heterocycles. The van der Waals surface area contributed by atoms with Gasteiger partial charge >= 0.3 is 0 Å². The maximum atomic E-state index is 13.7. The zero-order chi connectivity index (χ0) is 19.6. The van der Waals surface area contributed by atoms with Crippen molar-refractivity contribution in [2.24, 2.45) is 7.05 Å². The number of pyridine rings is 1. The van der Waals surface area contributed by atoms with E-state index in [0.717, 1.165) is 57.2 Å². The number of rotatable bonds is 3. The van der Waals surface area contributed by atoms with Gasteiger partial charge in [0.1, 0.15) is 0 Å². The highest BCUT2D eigenvalue weighted by molar-refractivity contribution is 5.88. The molecule has 4 heteroatoms. The Balaban J connectivity index is 1.50. The van der Waals surface area contributed by atoms with Crippen molar-refractivity contribution in [2.45, 2.75) is 56.3 Å². The van der Waals surface area contributed by atoms with Crippen LogP contribution in [0.5, 0.6) is 0 Å². The van der Waals surface area contributed by atoms with Gasteiger partial charge in [0.05, 0.1) is 5.41 Å². The lowest BCUT2D eigenvalue weighted by Gasteiger charge is -2.42. The zero-order valence-electron chi connectivity index (χ0n) is 16.8. The summed E-state index contributed by atoms with van der Waals surface area (Å²) in [6, 6.07) is 14.2. The van der Waals surface area contributed by atoms with Crippen molar-refractivity contribution in [3.05, 3.63) is 70.1 Å². The van der Waals surface area contributed by atoms with Crippen molar-refractivity contribution in [3.63, 3.8) is 0 Å². The molecule has 0 unspecified atom stereocenters. The Bertz CT molecular complexity index is 873. The lowest BCUT2D eigenvalue weighted by atomic mass is 9.68. The van der Waals surface area contributed by atoms with Crippen molar-refractivity contribution in [1.29, 1.82) is 0 Å². The molecule has 1 saturated carbocycles. The van der Waals surface area contributed by atoms with Crippen LogP contribution in [0.25, 0.3) is 0 Å². The van der Waals surface area contributed by atoms with Gasteiger partial charge in [-0.05, 0) is 48.8 Å². The molecule has 2 aromatic rings. The van der Waals surface area contributed by atoms with Gasteiger partial charge in [-0.3, -0.25) is 9.59 Å². The van der Waals surface area contributed by atoms with Crippen LogP contribution in [0.1, 0.15) is 62.0 Å². The molecule has 28 heavy (non-hydrogen) atoms. The van der Waals surface area contributed by atoms with Crippen LogP contribution in [0.4, 0.5) is 0 Å². The molecule has 4 rings (SSSR count). The molecule has 2 aliphatic rings. The Hall–Kier alpha value is -2.36. The number of likely N-dealkylation sites (tertiary alicyclic amines) is 1. The topological polar surface area (TPSA) is 42.3 Å². The normalized spacial score (nSPS) is 20.1. The summed E-state index contributed by atoms with van der Waals surface area (Å²) in [4.78, 5) is 27.7.